The smallest absolute Gasteiger partial charge is 0.337 e. The van der Waals surface area contributed by atoms with Gasteiger partial charge in [0.2, 0.25) is 0 Å². The monoisotopic (exact) mass is 634 g/mol. The van der Waals surface area contributed by atoms with E-state index in [1.165, 1.54) is 14.0 Å². The van der Waals surface area contributed by atoms with Gasteiger partial charge in [0.15, 0.2) is 5.78 Å². The molecule has 0 aromatic rings. The third kappa shape index (κ3) is 3.15. The predicted molar refractivity (Wildman–Crippen MR) is 160 cm³/mol. The van der Waals surface area contributed by atoms with E-state index in [2.05, 4.69) is 6.92 Å². The van der Waals surface area contributed by atoms with Crippen molar-refractivity contribution in [1.29, 1.82) is 0 Å². The second-order valence-electron chi connectivity index (χ2n) is 15.6. The Kier molecular flexibility index (Phi) is 5.97. The first kappa shape index (κ1) is 30.3. The quantitative estimate of drug-likeness (QED) is 0.178. The average molecular weight is 635 g/mol. The molecule has 0 aromatic heterocycles. The molecule has 12 atom stereocenters. The number of carbonyl (C=O) groups excluding carboxylic acids is 4. The van der Waals surface area contributed by atoms with Crippen molar-refractivity contribution in [2.45, 2.75) is 77.6 Å². The maximum atomic E-state index is 14.4. The van der Waals surface area contributed by atoms with Gasteiger partial charge in [-0.1, -0.05) is 25.5 Å². The molecule has 8 rings (SSSR count). The maximum absolute atomic E-state index is 14.4. The van der Waals surface area contributed by atoms with Gasteiger partial charge in [-0.05, 0) is 86.7 Å². The van der Waals surface area contributed by atoms with E-state index in [1.807, 2.05) is 6.92 Å². The summed E-state index contributed by atoms with van der Waals surface area (Å²) in [6.07, 6.45) is 2.62. The van der Waals surface area contributed by atoms with Gasteiger partial charge in [0.1, 0.15) is 23.9 Å². The summed E-state index contributed by atoms with van der Waals surface area (Å²) in [5.74, 6) is -3.92. The second-order valence-corrected chi connectivity index (χ2v) is 15.6. The van der Waals surface area contributed by atoms with E-state index in [0.29, 0.717) is 17.6 Å². The van der Waals surface area contributed by atoms with Crippen LogP contribution in [0.4, 0.5) is 0 Å². The molecule has 46 heavy (non-hydrogen) atoms. The SMILES string of the molecule is CC=C(C)C(=O)OC[C@]1(O)C2CC2[C@]2(C)[C@H]3CC4=C5[C@@H](C(=C(C)C(=O)OC)C(=O)C(O)[C@@]5(C)C5CC45)[C@@]34OC(=O)C(CO)=C4C[C@@H]21. The first-order valence-corrected chi connectivity index (χ1v) is 16.5. The van der Waals surface area contributed by atoms with E-state index < -0.39 is 76.2 Å². The minimum atomic E-state index is -1.39. The van der Waals surface area contributed by atoms with Gasteiger partial charge in [-0.15, -0.1) is 0 Å². The molecule has 8 aliphatic rings. The van der Waals surface area contributed by atoms with Gasteiger partial charge in [-0.3, -0.25) is 4.79 Å². The topological polar surface area (TPSA) is 157 Å². The summed E-state index contributed by atoms with van der Waals surface area (Å²) in [6.45, 7) is 8.25. The van der Waals surface area contributed by atoms with Crippen molar-refractivity contribution in [3.8, 4) is 0 Å². The third-order valence-electron chi connectivity index (χ3n) is 14.3. The Morgan fingerprint density at radius 3 is 2.41 bits per heavy atom. The number of ketones is 1. The van der Waals surface area contributed by atoms with Crippen LogP contribution in [0.5, 0.6) is 0 Å². The van der Waals surface area contributed by atoms with Crippen molar-refractivity contribution in [3.05, 3.63) is 45.1 Å². The highest BCUT2D eigenvalue weighted by Crippen LogP contribution is 2.83. The minimum Gasteiger partial charge on any atom is -0.466 e. The van der Waals surface area contributed by atoms with Crippen molar-refractivity contribution < 1.29 is 48.7 Å². The lowest BCUT2D eigenvalue weighted by Gasteiger charge is -2.63. The zero-order valence-corrected chi connectivity index (χ0v) is 27.1. The third-order valence-corrected chi connectivity index (χ3v) is 14.3. The summed E-state index contributed by atoms with van der Waals surface area (Å²) < 4.78 is 17.4. The number of allylic oxidation sites excluding steroid dienone is 2. The van der Waals surface area contributed by atoms with Gasteiger partial charge >= 0.3 is 17.9 Å². The first-order chi connectivity index (χ1) is 21.7. The van der Waals surface area contributed by atoms with Gasteiger partial charge < -0.3 is 29.5 Å². The van der Waals surface area contributed by atoms with Crippen molar-refractivity contribution in [2.24, 2.45) is 52.3 Å². The summed E-state index contributed by atoms with van der Waals surface area (Å²) in [4.78, 5) is 54.0. The highest BCUT2D eigenvalue weighted by molar-refractivity contribution is 6.09. The van der Waals surface area contributed by atoms with Gasteiger partial charge in [0, 0.05) is 34.0 Å². The molecular weight excluding hydrogens is 592 g/mol. The molecule has 5 saturated carbocycles. The second kappa shape index (κ2) is 9.08. The van der Waals surface area contributed by atoms with Crippen LogP contribution < -0.4 is 0 Å². The van der Waals surface area contributed by atoms with E-state index in [1.54, 1.807) is 19.9 Å². The van der Waals surface area contributed by atoms with E-state index in [-0.39, 0.29) is 53.4 Å². The molecule has 0 saturated heterocycles. The number of aliphatic hydroxyl groups excluding tert-OH is 2. The molecule has 0 bridgehead atoms. The van der Waals surface area contributed by atoms with Gasteiger partial charge in [0.05, 0.1) is 25.2 Å². The zero-order valence-electron chi connectivity index (χ0n) is 27.1. The fourth-order valence-electron chi connectivity index (χ4n) is 12.0. The molecule has 0 aromatic carbocycles. The molecule has 246 valence electrons. The van der Waals surface area contributed by atoms with Crippen LogP contribution in [0.15, 0.2) is 45.1 Å². The summed E-state index contributed by atoms with van der Waals surface area (Å²) >= 11 is 0. The molecule has 7 aliphatic carbocycles. The molecule has 3 N–H and O–H groups in total. The highest BCUT2D eigenvalue weighted by atomic mass is 16.6. The summed E-state index contributed by atoms with van der Waals surface area (Å²) in [6, 6.07) is 0. The number of rotatable bonds is 5. The zero-order chi connectivity index (χ0) is 33.0. The average Bonchev–Trinajstić information content (AvgIpc) is 3.95. The van der Waals surface area contributed by atoms with Gasteiger partial charge in [0.25, 0.3) is 0 Å². The fourth-order valence-corrected chi connectivity index (χ4v) is 12.0. The molecule has 1 aliphatic heterocycles. The number of aliphatic hydroxyl groups is 3. The molecule has 5 unspecified atom stereocenters. The van der Waals surface area contributed by atoms with Crippen molar-refractivity contribution in [2.75, 3.05) is 20.3 Å². The number of methoxy groups -OCH3 is 1. The molecular formula is C36H42O10. The Balaban J connectivity index is 1.36. The number of carbonyl (C=O) groups is 4. The number of esters is 3. The standard InChI is InChI=1S/C36H42O10/c1-7-14(2)30(40)45-13-35(43)22-10-21(22)33(4)23(35)11-20-18(12-37)32(42)46-36(20)24(33)9-17-16-8-19(16)34(5)26(17)27(36)25(28(38)29(34)39)15(3)31(41)44-6/h7,16,19,21-24,27,29,37,39,43H,8-13H2,1-6H3/t16?,19?,21?,22?,23-,24+,27+,29?,33-,34-,35-,36-/m0/s1. The number of Topliss-reactive ketones (excluding diaryl/α,β-unsaturated/α-hetero) is 1. The van der Waals surface area contributed by atoms with Crippen LogP contribution in [0.25, 0.3) is 0 Å². The minimum absolute atomic E-state index is 0.0493. The lowest BCUT2D eigenvalue weighted by Crippen LogP contribution is -2.67. The number of hydrogen-bond donors (Lipinski definition) is 3. The Morgan fingerprint density at radius 1 is 1.04 bits per heavy atom. The maximum Gasteiger partial charge on any atom is 0.337 e. The van der Waals surface area contributed by atoms with Crippen molar-refractivity contribution >= 4 is 23.7 Å². The molecule has 5 fully saturated rings. The number of ether oxygens (including phenoxy) is 3. The van der Waals surface area contributed by atoms with Crippen LogP contribution in [0, 0.1) is 52.3 Å². The van der Waals surface area contributed by atoms with Crippen LogP contribution in [0.2, 0.25) is 0 Å². The van der Waals surface area contributed by atoms with Crippen molar-refractivity contribution in [3.63, 3.8) is 0 Å². The van der Waals surface area contributed by atoms with Crippen LogP contribution in [0.1, 0.15) is 60.3 Å². The molecule has 0 radical (unpaired) electrons. The van der Waals surface area contributed by atoms with E-state index in [4.69, 9.17) is 14.2 Å². The summed E-state index contributed by atoms with van der Waals surface area (Å²) in [5, 5.41) is 34.8. The lowest BCUT2D eigenvalue weighted by molar-refractivity contribution is -0.191. The van der Waals surface area contributed by atoms with Crippen LogP contribution in [-0.4, -0.2) is 76.6 Å². The Bertz CT molecular complexity index is 1680. The molecule has 10 heteroatoms. The van der Waals surface area contributed by atoms with E-state index in [9.17, 15) is 34.5 Å². The van der Waals surface area contributed by atoms with Crippen LogP contribution in [-0.2, 0) is 33.4 Å². The van der Waals surface area contributed by atoms with Crippen LogP contribution >= 0.6 is 0 Å². The van der Waals surface area contributed by atoms with E-state index >= 15 is 0 Å². The van der Waals surface area contributed by atoms with Gasteiger partial charge in [-0.25, -0.2) is 14.4 Å². The van der Waals surface area contributed by atoms with Gasteiger partial charge in [-0.2, -0.15) is 0 Å². The summed E-state index contributed by atoms with van der Waals surface area (Å²) in [7, 11) is 1.24. The van der Waals surface area contributed by atoms with E-state index in [0.717, 1.165) is 24.0 Å². The largest absolute Gasteiger partial charge is 0.466 e. The lowest BCUT2D eigenvalue weighted by atomic mass is 9.42. The fraction of sp³-hybridized carbons (Fsp3) is 0.667. The van der Waals surface area contributed by atoms with Crippen LogP contribution in [0.3, 0.4) is 0 Å². The number of fused-ring (bicyclic) bond motifs is 7. The summed E-state index contributed by atoms with van der Waals surface area (Å²) in [5.41, 5.74) is -0.913. The Hall–Kier alpha value is -3.08. The Morgan fingerprint density at radius 2 is 1.76 bits per heavy atom. The molecule has 1 heterocycles. The molecule has 1 spiro atoms. The normalized spacial score (nSPS) is 48.5. The Labute approximate surface area is 267 Å². The highest BCUT2D eigenvalue weighted by Gasteiger charge is 2.84. The molecule has 10 nitrogen and oxygen atoms in total. The van der Waals surface area contributed by atoms with Crippen molar-refractivity contribution in [1.82, 2.24) is 0 Å². The molecule has 0 amide bonds. The number of hydrogen-bond acceptors (Lipinski definition) is 10. The predicted octanol–water partition coefficient (Wildman–Crippen LogP) is 2.51. The first-order valence-electron chi connectivity index (χ1n) is 16.5.